The van der Waals surface area contributed by atoms with Crippen molar-refractivity contribution in [1.29, 1.82) is 5.26 Å². The number of ether oxygens (including phenoxy) is 7. The minimum Gasteiger partial charge on any atom is -0.434 e. The number of nitrogens with zero attached hydrogens (tertiary/aromatic N) is 6. The van der Waals surface area contributed by atoms with Gasteiger partial charge >= 0.3 is 6.16 Å². The molecular formula is C38H56N8O15. The summed E-state index contributed by atoms with van der Waals surface area (Å²) in [7, 11) is 4.39. The molecular weight excluding hydrogens is 808 g/mol. The number of anilines is 1. The first kappa shape index (κ1) is 47.3. The fourth-order valence-electron chi connectivity index (χ4n) is 7.75. The van der Waals surface area contributed by atoms with Crippen LogP contribution in [-0.2, 0) is 54.3 Å². The number of aromatic nitrogens is 3. The number of rotatable bonds is 17. The van der Waals surface area contributed by atoms with Gasteiger partial charge in [-0.2, -0.15) is 5.26 Å². The molecule has 2 aromatic heterocycles. The molecule has 61 heavy (non-hydrogen) atoms. The third-order valence-corrected chi connectivity index (χ3v) is 11.1. The van der Waals surface area contributed by atoms with Gasteiger partial charge in [-0.25, -0.2) is 14.8 Å². The van der Waals surface area contributed by atoms with Crippen molar-refractivity contribution in [3.05, 3.63) is 18.6 Å². The van der Waals surface area contributed by atoms with E-state index in [1.807, 2.05) is 24.1 Å². The normalized spacial score (nSPS) is 30.3. The third-order valence-electron chi connectivity index (χ3n) is 11.1. The Balaban J connectivity index is 1.08. The summed E-state index contributed by atoms with van der Waals surface area (Å²) in [5.41, 5.74) is 0.518. The van der Waals surface area contributed by atoms with Gasteiger partial charge in [0.1, 0.15) is 66.9 Å². The Kier molecular flexibility index (Phi) is 16.9. The molecule has 0 saturated carbocycles. The lowest BCUT2D eigenvalue weighted by molar-refractivity contribution is -0.338. The quantitative estimate of drug-likeness (QED) is 0.0748. The van der Waals surface area contributed by atoms with Crippen molar-refractivity contribution in [3.8, 4) is 6.07 Å². The lowest BCUT2D eigenvalue weighted by Gasteiger charge is -2.47. The second-order valence-electron chi connectivity index (χ2n) is 15.1. The van der Waals surface area contributed by atoms with Crippen molar-refractivity contribution in [2.45, 2.75) is 114 Å². The van der Waals surface area contributed by atoms with Crippen LogP contribution in [-0.4, -0.2) is 185 Å². The number of carbonyl (C=O) groups excluding carboxylic acids is 4. The number of aliphatic hydroxyl groups is 4. The number of nitriles is 1. The molecule has 0 bridgehead atoms. The topological polar surface area (TPSA) is 299 Å². The minimum atomic E-state index is -1.77. The monoisotopic (exact) mass is 864 g/mol. The highest BCUT2D eigenvalue weighted by molar-refractivity contribution is 5.88. The molecule has 0 aliphatic carbocycles. The highest BCUT2D eigenvalue weighted by Crippen LogP contribution is 2.32. The van der Waals surface area contributed by atoms with Crippen molar-refractivity contribution in [1.82, 2.24) is 30.1 Å². The van der Waals surface area contributed by atoms with E-state index >= 15 is 0 Å². The number of methoxy groups -OCH3 is 2. The largest absolute Gasteiger partial charge is 0.510 e. The van der Waals surface area contributed by atoms with Gasteiger partial charge in [0.05, 0.1) is 30.7 Å². The van der Waals surface area contributed by atoms with Crippen LogP contribution >= 0.6 is 0 Å². The molecule has 3 aliphatic rings. The van der Waals surface area contributed by atoms with Crippen molar-refractivity contribution < 1.29 is 72.8 Å². The van der Waals surface area contributed by atoms with Crippen molar-refractivity contribution in [2.75, 3.05) is 59.0 Å². The summed E-state index contributed by atoms with van der Waals surface area (Å²) in [6.45, 7) is 3.59. The first-order chi connectivity index (χ1) is 29.2. The number of nitrogens with one attached hydrogen (secondary N) is 2. The Morgan fingerprint density at radius 3 is 2.49 bits per heavy atom. The van der Waals surface area contributed by atoms with E-state index in [1.54, 1.807) is 15.7 Å². The average Bonchev–Trinajstić information content (AvgIpc) is 3.67. The van der Waals surface area contributed by atoms with Gasteiger partial charge in [0.15, 0.2) is 25.4 Å². The molecule has 3 amide bonds. The number of aliphatic hydroxyl groups excluding tert-OH is 4. The highest BCUT2D eigenvalue weighted by Gasteiger charge is 2.53. The van der Waals surface area contributed by atoms with Gasteiger partial charge < -0.3 is 74.0 Å². The van der Waals surface area contributed by atoms with Crippen LogP contribution in [0.5, 0.6) is 0 Å². The molecule has 5 rings (SSSR count). The van der Waals surface area contributed by atoms with Crippen LogP contribution in [0.2, 0.25) is 0 Å². The van der Waals surface area contributed by atoms with Gasteiger partial charge in [0.2, 0.25) is 11.8 Å². The molecule has 0 radical (unpaired) electrons. The average molecular weight is 865 g/mol. The number of hydrogen-bond acceptors (Lipinski definition) is 19. The Morgan fingerprint density at radius 1 is 1.03 bits per heavy atom. The first-order valence-corrected chi connectivity index (χ1v) is 19.9. The predicted octanol–water partition coefficient (Wildman–Crippen LogP) is -1.90. The van der Waals surface area contributed by atoms with Gasteiger partial charge in [0, 0.05) is 54.0 Å². The summed E-state index contributed by atoms with van der Waals surface area (Å²) in [4.78, 5) is 62.8. The van der Waals surface area contributed by atoms with Crippen LogP contribution in [0.1, 0.15) is 39.5 Å². The maximum absolute atomic E-state index is 13.3. The SMILES string of the molecule is CO[C@@H]1OC(CO)[C@@H](O)[C@H](O[C@@H]2OC(C(=O)NCCCCOC(=O)OCn3ccc4c(N(C)[C@H]5CN(C(=O)CC#N)CC[C@H]5C)ncnc43)[C@@H](OC)[C@H](O)C2O)C1NC(C)=O. The lowest BCUT2D eigenvalue weighted by atomic mass is 9.92. The molecule has 3 aliphatic heterocycles. The fourth-order valence-corrected chi connectivity index (χ4v) is 7.75. The molecule has 23 heteroatoms. The summed E-state index contributed by atoms with van der Waals surface area (Å²) in [6, 6.07) is 2.54. The van der Waals surface area contributed by atoms with E-state index < -0.39 is 85.9 Å². The van der Waals surface area contributed by atoms with E-state index in [0.717, 1.165) is 6.42 Å². The first-order valence-electron chi connectivity index (χ1n) is 19.9. The molecule has 2 aromatic rings. The number of likely N-dealkylation sites (tertiary alicyclic amines) is 1. The maximum Gasteiger partial charge on any atom is 0.510 e. The van der Waals surface area contributed by atoms with Crippen LogP contribution in [0, 0.1) is 17.2 Å². The summed E-state index contributed by atoms with van der Waals surface area (Å²) < 4.78 is 39.9. The Labute approximate surface area is 351 Å². The second kappa shape index (κ2) is 21.8. The maximum atomic E-state index is 13.3. The lowest BCUT2D eigenvalue weighted by Crippen LogP contribution is -2.68. The number of piperidine rings is 1. The van der Waals surface area contributed by atoms with Gasteiger partial charge in [-0.05, 0) is 31.2 Å². The van der Waals surface area contributed by atoms with Gasteiger partial charge in [-0.3, -0.25) is 19.0 Å². The van der Waals surface area contributed by atoms with E-state index in [-0.39, 0.29) is 44.2 Å². The molecule has 4 unspecified atom stereocenters. The van der Waals surface area contributed by atoms with E-state index in [4.69, 9.17) is 38.4 Å². The summed E-state index contributed by atoms with van der Waals surface area (Å²) in [5.74, 6) is -0.560. The number of amides is 3. The zero-order chi connectivity index (χ0) is 44.4. The number of likely N-dealkylation sites (N-methyl/N-ethyl adjacent to an activating group) is 1. The number of fused-ring (bicyclic) bond motifs is 1. The zero-order valence-corrected chi connectivity index (χ0v) is 34.7. The third kappa shape index (κ3) is 11.2. The van der Waals surface area contributed by atoms with Crippen LogP contribution in [0.15, 0.2) is 18.6 Å². The molecule has 6 N–H and O–H groups in total. The van der Waals surface area contributed by atoms with Crippen molar-refractivity contribution in [3.63, 3.8) is 0 Å². The van der Waals surface area contributed by atoms with E-state index in [2.05, 4.69) is 27.5 Å². The molecule has 3 fully saturated rings. The number of unbranched alkanes of at least 4 members (excludes halogenated alkanes) is 1. The summed E-state index contributed by atoms with van der Waals surface area (Å²) >= 11 is 0. The zero-order valence-electron chi connectivity index (χ0n) is 34.7. The molecule has 3 saturated heterocycles. The van der Waals surface area contributed by atoms with E-state index in [1.165, 1.54) is 27.5 Å². The van der Waals surface area contributed by atoms with Crippen LogP contribution in [0.25, 0.3) is 11.0 Å². The Hall–Kier alpha value is -4.77. The van der Waals surface area contributed by atoms with Gasteiger partial charge in [-0.15, -0.1) is 0 Å². The van der Waals surface area contributed by atoms with E-state index in [9.17, 15) is 39.6 Å². The van der Waals surface area contributed by atoms with E-state index in [0.29, 0.717) is 42.8 Å². The van der Waals surface area contributed by atoms with Gasteiger partial charge in [-0.1, -0.05) is 6.92 Å². The molecule has 0 spiro atoms. The Morgan fingerprint density at radius 2 is 1.80 bits per heavy atom. The van der Waals surface area contributed by atoms with Crippen molar-refractivity contribution >= 4 is 40.7 Å². The highest BCUT2D eigenvalue weighted by atomic mass is 16.7. The second-order valence-corrected chi connectivity index (χ2v) is 15.1. The van der Waals surface area contributed by atoms with Crippen molar-refractivity contribution in [2.24, 2.45) is 5.92 Å². The summed E-state index contributed by atoms with van der Waals surface area (Å²) in [6.07, 6.45) is -9.86. The predicted molar refractivity (Wildman–Crippen MR) is 208 cm³/mol. The smallest absolute Gasteiger partial charge is 0.434 e. The fraction of sp³-hybridized carbons (Fsp3) is 0.711. The molecule has 5 heterocycles. The molecule has 23 nitrogen and oxygen atoms in total. The summed E-state index contributed by atoms with van der Waals surface area (Å²) in [5, 5.41) is 57.4. The Bertz CT molecular complexity index is 1850. The van der Waals surface area contributed by atoms with Crippen LogP contribution in [0.3, 0.4) is 0 Å². The number of carbonyl (C=O) groups is 4. The van der Waals surface area contributed by atoms with Crippen LogP contribution < -0.4 is 15.5 Å². The molecule has 0 aromatic carbocycles. The standard InChI is InChI=1S/C38H56N8O15/c1-20-9-13-45(25(49)8-11-39)16-23(20)44(3)33-22-10-14-46(34(22)42-18-41-33)19-58-38(54)57-15-7-6-12-40-35(53)32-31(55-4)28(51)29(52)37(61-32)60-30-26(43-21(2)48)36(56-5)59-24(17-47)27(30)50/h10,14,18,20,23-24,26-32,36-37,47,50-52H,6-9,12-13,15-17,19H2,1-5H3,(H,40,53)(H,43,48)/t20-,23+,24?,26?,27-,28-,29?,30-,31+,32?,36-,37-/m1/s1. The van der Waals surface area contributed by atoms with Gasteiger partial charge in [0.25, 0.3) is 5.91 Å². The minimum absolute atomic E-state index is 0.0344. The molecule has 12 atom stereocenters. The molecule has 338 valence electrons. The van der Waals surface area contributed by atoms with Crippen LogP contribution in [0.4, 0.5) is 10.6 Å². The number of hydrogen-bond donors (Lipinski definition) is 6.